The third-order valence-corrected chi connectivity index (χ3v) is 3.98. The summed E-state index contributed by atoms with van der Waals surface area (Å²) < 4.78 is 5.97. The van der Waals surface area contributed by atoms with Gasteiger partial charge in [0.25, 0.3) is 0 Å². The molecule has 0 saturated heterocycles. The molecular weight excluding hydrogens is 250 g/mol. The van der Waals surface area contributed by atoms with Gasteiger partial charge in [0, 0.05) is 24.4 Å². The number of aromatic nitrogens is 1. The molecule has 0 aliphatic rings. The average molecular weight is 273 g/mol. The van der Waals surface area contributed by atoms with Crippen LogP contribution in [0.4, 0.5) is 0 Å². The highest BCUT2D eigenvalue weighted by molar-refractivity contribution is 5.85. The zero-order chi connectivity index (χ0) is 14.6. The summed E-state index contributed by atoms with van der Waals surface area (Å²) in [7, 11) is 0. The number of nitrogens with one attached hydrogen (secondary N) is 1. The average Bonchev–Trinajstić information content (AvgIpc) is 2.48. The fraction of sp³-hybridized carbons (Fsp3) is 0.438. The van der Waals surface area contributed by atoms with Crippen molar-refractivity contribution in [3.8, 4) is 0 Å². The number of ether oxygens (including phenoxy) is 1. The Morgan fingerprint density at radius 2 is 2.15 bits per heavy atom. The first-order valence-electron chi connectivity index (χ1n) is 7.09. The summed E-state index contributed by atoms with van der Waals surface area (Å²) in [5.41, 5.74) is 3.70. The maximum Gasteiger partial charge on any atom is 0.0858 e. The van der Waals surface area contributed by atoms with Crippen molar-refractivity contribution in [3.05, 3.63) is 42.2 Å². The molecule has 2 unspecified atom stereocenters. The van der Waals surface area contributed by atoms with E-state index in [-0.39, 0.29) is 11.6 Å². The van der Waals surface area contributed by atoms with Gasteiger partial charge in [0.1, 0.15) is 0 Å². The van der Waals surface area contributed by atoms with Crippen molar-refractivity contribution in [1.82, 2.24) is 10.4 Å². The zero-order valence-electron chi connectivity index (χ0n) is 12.4. The van der Waals surface area contributed by atoms with Crippen LogP contribution in [0, 0.1) is 0 Å². The molecule has 2 rings (SSSR count). The third-order valence-electron chi connectivity index (χ3n) is 3.98. The van der Waals surface area contributed by atoms with E-state index in [1.54, 1.807) is 6.20 Å². The van der Waals surface area contributed by atoms with Crippen LogP contribution in [-0.2, 0) is 4.74 Å². The van der Waals surface area contributed by atoms with Gasteiger partial charge in [0.2, 0.25) is 0 Å². The van der Waals surface area contributed by atoms with Crippen LogP contribution in [0.25, 0.3) is 10.8 Å². The van der Waals surface area contributed by atoms with Crippen LogP contribution in [0.1, 0.15) is 38.8 Å². The number of pyridine rings is 1. The fourth-order valence-corrected chi connectivity index (χ4v) is 2.70. The number of fused-ring (bicyclic) bond motifs is 1. The second-order valence-corrected chi connectivity index (χ2v) is 5.14. The molecule has 0 spiro atoms. The highest BCUT2D eigenvalue weighted by Gasteiger charge is 2.34. The van der Waals surface area contributed by atoms with Crippen LogP contribution < -0.4 is 11.3 Å². The predicted molar refractivity (Wildman–Crippen MR) is 82.1 cm³/mol. The standard InChI is InChI=1S/C16H23N3O/c1-4-16(3,20-5-2)15(19-17)13-8-6-7-12-9-10-18-11-14(12)13/h6-11,15,19H,4-5,17H2,1-3H3. The molecule has 3 N–H and O–H groups in total. The second-order valence-electron chi connectivity index (χ2n) is 5.14. The number of benzene rings is 1. The van der Waals surface area contributed by atoms with Gasteiger partial charge in [-0.15, -0.1) is 0 Å². The summed E-state index contributed by atoms with van der Waals surface area (Å²) in [6, 6.07) is 8.14. The largest absolute Gasteiger partial charge is 0.374 e. The number of rotatable bonds is 6. The number of nitrogens with two attached hydrogens (primary N) is 1. The molecule has 20 heavy (non-hydrogen) atoms. The van der Waals surface area contributed by atoms with E-state index in [1.807, 2.05) is 25.3 Å². The van der Waals surface area contributed by atoms with Crippen molar-refractivity contribution in [2.75, 3.05) is 6.61 Å². The molecule has 0 aliphatic heterocycles. The lowest BCUT2D eigenvalue weighted by Crippen LogP contribution is -2.46. The van der Waals surface area contributed by atoms with E-state index in [0.717, 1.165) is 22.8 Å². The second kappa shape index (κ2) is 6.31. The zero-order valence-corrected chi connectivity index (χ0v) is 12.4. The highest BCUT2D eigenvalue weighted by atomic mass is 16.5. The van der Waals surface area contributed by atoms with E-state index >= 15 is 0 Å². The smallest absolute Gasteiger partial charge is 0.0858 e. The van der Waals surface area contributed by atoms with Gasteiger partial charge < -0.3 is 4.74 Å². The molecule has 0 bridgehead atoms. The minimum atomic E-state index is -0.354. The van der Waals surface area contributed by atoms with Gasteiger partial charge in [0.15, 0.2) is 0 Å². The van der Waals surface area contributed by atoms with Crippen LogP contribution >= 0.6 is 0 Å². The lowest BCUT2D eigenvalue weighted by atomic mass is 9.86. The van der Waals surface area contributed by atoms with E-state index in [0.29, 0.717) is 6.61 Å². The lowest BCUT2D eigenvalue weighted by molar-refractivity contribution is -0.0560. The Kier molecular flexibility index (Phi) is 4.70. The molecule has 1 heterocycles. The number of hydrogen-bond acceptors (Lipinski definition) is 4. The quantitative estimate of drug-likeness (QED) is 0.627. The first-order chi connectivity index (χ1) is 9.66. The van der Waals surface area contributed by atoms with Crippen molar-refractivity contribution in [2.45, 2.75) is 38.8 Å². The topological polar surface area (TPSA) is 60.2 Å². The number of hydrazine groups is 1. The summed E-state index contributed by atoms with van der Waals surface area (Å²) >= 11 is 0. The Bertz CT molecular complexity index is 567. The molecule has 2 aromatic rings. The molecule has 108 valence electrons. The highest BCUT2D eigenvalue weighted by Crippen LogP contribution is 2.35. The van der Waals surface area contributed by atoms with Gasteiger partial charge in [-0.05, 0) is 37.3 Å². The molecule has 0 saturated carbocycles. The molecule has 0 fully saturated rings. The minimum absolute atomic E-state index is 0.0830. The molecule has 2 atom stereocenters. The Morgan fingerprint density at radius 3 is 2.80 bits per heavy atom. The number of hydrogen-bond donors (Lipinski definition) is 2. The van der Waals surface area contributed by atoms with Crippen molar-refractivity contribution in [2.24, 2.45) is 5.84 Å². The Labute approximate surface area is 120 Å². The normalized spacial score (nSPS) is 16.0. The third kappa shape index (κ3) is 2.68. The van der Waals surface area contributed by atoms with Crippen LogP contribution in [0.5, 0.6) is 0 Å². The van der Waals surface area contributed by atoms with Crippen molar-refractivity contribution < 1.29 is 4.74 Å². The summed E-state index contributed by atoms with van der Waals surface area (Å²) in [6.07, 6.45) is 4.56. The van der Waals surface area contributed by atoms with E-state index in [4.69, 9.17) is 10.6 Å². The Morgan fingerprint density at radius 1 is 1.35 bits per heavy atom. The van der Waals surface area contributed by atoms with Gasteiger partial charge in [-0.3, -0.25) is 16.3 Å². The minimum Gasteiger partial charge on any atom is -0.374 e. The van der Waals surface area contributed by atoms with Gasteiger partial charge >= 0.3 is 0 Å². The predicted octanol–water partition coefficient (Wildman–Crippen LogP) is 2.94. The summed E-state index contributed by atoms with van der Waals surface area (Å²) in [5, 5.41) is 2.27. The van der Waals surface area contributed by atoms with Crippen molar-refractivity contribution in [3.63, 3.8) is 0 Å². The lowest BCUT2D eigenvalue weighted by Gasteiger charge is -2.37. The van der Waals surface area contributed by atoms with E-state index in [1.165, 1.54) is 0 Å². The maximum absolute atomic E-state index is 5.97. The first-order valence-corrected chi connectivity index (χ1v) is 7.09. The van der Waals surface area contributed by atoms with Gasteiger partial charge in [-0.25, -0.2) is 0 Å². The number of nitrogens with zero attached hydrogens (tertiary/aromatic N) is 1. The maximum atomic E-state index is 5.97. The van der Waals surface area contributed by atoms with Gasteiger partial charge in [-0.2, -0.15) is 0 Å². The first kappa shape index (κ1) is 14.9. The molecule has 4 nitrogen and oxygen atoms in total. The summed E-state index contributed by atoms with van der Waals surface area (Å²) in [5.74, 6) is 5.84. The van der Waals surface area contributed by atoms with Gasteiger partial charge in [-0.1, -0.05) is 25.1 Å². The van der Waals surface area contributed by atoms with Crippen LogP contribution in [0.15, 0.2) is 36.7 Å². The van der Waals surface area contributed by atoms with E-state index in [2.05, 4.69) is 36.4 Å². The van der Waals surface area contributed by atoms with Crippen LogP contribution in [0.3, 0.4) is 0 Å². The molecule has 1 aromatic heterocycles. The Hall–Kier alpha value is -1.49. The summed E-state index contributed by atoms with van der Waals surface area (Å²) in [4.78, 5) is 4.23. The molecular formula is C16H23N3O. The Balaban J connectivity index is 2.54. The van der Waals surface area contributed by atoms with Crippen LogP contribution in [-0.4, -0.2) is 17.2 Å². The summed E-state index contributed by atoms with van der Waals surface area (Å²) in [6.45, 7) is 6.87. The van der Waals surface area contributed by atoms with Crippen molar-refractivity contribution >= 4 is 10.8 Å². The SMILES string of the molecule is CCOC(C)(CC)C(NN)c1cccc2ccncc12. The van der Waals surface area contributed by atoms with Crippen molar-refractivity contribution in [1.29, 1.82) is 0 Å². The van der Waals surface area contributed by atoms with E-state index in [9.17, 15) is 0 Å². The monoisotopic (exact) mass is 273 g/mol. The van der Waals surface area contributed by atoms with Gasteiger partial charge in [0.05, 0.1) is 11.6 Å². The molecule has 0 radical (unpaired) electrons. The molecule has 0 amide bonds. The molecule has 1 aromatic carbocycles. The molecule has 4 heteroatoms. The van der Waals surface area contributed by atoms with E-state index < -0.39 is 0 Å². The fourth-order valence-electron chi connectivity index (χ4n) is 2.70. The van der Waals surface area contributed by atoms with Crippen LogP contribution in [0.2, 0.25) is 0 Å². The molecule has 0 aliphatic carbocycles.